The summed E-state index contributed by atoms with van der Waals surface area (Å²) in [5.41, 5.74) is -0.435. The Bertz CT molecular complexity index is 1060. The number of aliphatic imine (C=N–C) groups is 1. The Balaban J connectivity index is 1.72. The lowest BCUT2D eigenvalue weighted by Crippen LogP contribution is -2.33. The van der Waals surface area contributed by atoms with Gasteiger partial charge < -0.3 is 10.1 Å². The molecule has 1 fully saturated rings. The molecule has 1 unspecified atom stereocenters. The molecule has 1 N–H and O–H groups in total. The van der Waals surface area contributed by atoms with Gasteiger partial charge in [-0.1, -0.05) is 23.4 Å². The van der Waals surface area contributed by atoms with Crippen LogP contribution in [0.2, 0.25) is 5.02 Å². The third kappa shape index (κ3) is 6.20. The van der Waals surface area contributed by atoms with Crippen molar-refractivity contribution in [2.75, 3.05) is 18.5 Å². The summed E-state index contributed by atoms with van der Waals surface area (Å²) in [7, 11) is 0. The SMILES string of the molecule is CCOc1ccc(NC(=O)CC2SC(=Nc3ccc(Cl)c(C(F)(F)F)c3)N(CC)C2=O)cc1. The second-order valence-electron chi connectivity index (χ2n) is 6.95. The minimum absolute atomic E-state index is 0.0139. The van der Waals surface area contributed by atoms with Crippen molar-refractivity contribution >= 4 is 51.7 Å². The van der Waals surface area contributed by atoms with Crippen molar-refractivity contribution < 1.29 is 27.5 Å². The molecule has 0 radical (unpaired) electrons. The topological polar surface area (TPSA) is 71.0 Å². The first-order valence-corrected chi connectivity index (χ1v) is 11.3. The molecule has 1 atom stereocenters. The van der Waals surface area contributed by atoms with Crippen molar-refractivity contribution in [3.05, 3.63) is 53.1 Å². The van der Waals surface area contributed by atoms with Crippen molar-refractivity contribution in [1.82, 2.24) is 4.90 Å². The molecule has 1 saturated heterocycles. The van der Waals surface area contributed by atoms with Gasteiger partial charge >= 0.3 is 6.18 Å². The zero-order valence-electron chi connectivity index (χ0n) is 17.8. The average Bonchev–Trinajstić information content (AvgIpc) is 3.04. The minimum Gasteiger partial charge on any atom is -0.494 e. The van der Waals surface area contributed by atoms with E-state index in [0.29, 0.717) is 18.0 Å². The molecule has 33 heavy (non-hydrogen) atoms. The smallest absolute Gasteiger partial charge is 0.417 e. The Labute approximate surface area is 198 Å². The molecule has 176 valence electrons. The monoisotopic (exact) mass is 499 g/mol. The number of thioether (sulfide) groups is 1. The van der Waals surface area contributed by atoms with Crippen LogP contribution in [0.15, 0.2) is 47.5 Å². The van der Waals surface area contributed by atoms with Crippen LogP contribution >= 0.6 is 23.4 Å². The molecule has 1 heterocycles. The van der Waals surface area contributed by atoms with Gasteiger partial charge in [-0.25, -0.2) is 4.99 Å². The summed E-state index contributed by atoms with van der Waals surface area (Å²) in [6.45, 7) is 4.38. The molecule has 3 rings (SSSR count). The summed E-state index contributed by atoms with van der Waals surface area (Å²) in [6, 6.07) is 10.1. The fraction of sp³-hybridized carbons (Fsp3) is 0.318. The van der Waals surface area contributed by atoms with Crippen LogP contribution in [-0.2, 0) is 15.8 Å². The first kappa shape index (κ1) is 24.9. The number of nitrogens with zero attached hydrogens (tertiary/aromatic N) is 2. The van der Waals surface area contributed by atoms with E-state index < -0.39 is 22.0 Å². The van der Waals surface area contributed by atoms with Gasteiger partial charge in [-0.15, -0.1) is 0 Å². The predicted molar refractivity (Wildman–Crippen MR) is 123 cm³/mol. The van der Waals surface area contributed by atoms with Crippen molar-refractivity contribution in [3.8, 4) is 5.75 Å². The van der Waals surface area contributed by atoms with Gasteiger partial charge in [0.15, 0.2) is 5.17 Å². The minimum atomic E-state index is -4.63. The molecule has 1 aliphatic rings. The van der Waals surface area contributed by atoms with E-state index in [4.69, 9.17) is 16.3 Å². The number of nitrogens with one attached hydrogen (secondary N) is 1. The van der Waals surface area contributed by atoms with Crippen molar-refractivity contribution in [1.29, 1.82) is 0 Å². The maximum atomic E-state index is 13.1. The molecule has 0 bridgehead atoms. The second-order valence-corrected chi connectivity index (χ2v) is 8.53. The lowest BCUT2D eigenvalue weighted by Gasteiger charge is -2.14. The van der Waals surface area contributed by atoms with Crippen LogP contribution in [0, 0.1) is 0 Å². The highest BCUT2D eigenvalue weighted by atomic mass is 35.5. The second kappa shape index (κ2) is 10.5. The number of benzene rings is 2. The molecular weight excluding hydrogens is 479 g/mol. The lowest BCUT2D eigenvalue weighted by molar-refractivity contribution is -0.137. The van der Waals surface area contributed by atoms with Crippen molar-refractivity contribution in [2.24, 2.45) is 4.99 Å². The Hall–Kier alpha value is -2.72. The summed E-state index contributed by atoms with van der Waals surface area (Å²) in [5, 5.41) is 1.79. The zero-order chi connectivity index (χ0) is 24.2. The van der Waals surface area contributed by atoms with E-state index in [0.717, 1.165) is 23.9 Å². The number of anilines is 1. The number of carbonyl (C=O) groups is 2. The van der Waals surface area contributed by atoms with Gasteiger partial charge in [0.25, 0.3) is 0 Å². The number of halogens is 4. The summed E-state index contributed by atoms with van der Waals surface area (Å²) in [6.07, 6.45) is -4.74. The first-order chi connectivity index (χ1) is 15.6. The van der Waals surface area contributed by atoms with E-state index in [9.17, 15) is 22.8 Å². The number of ether oxygens (including phenoxy) is 1. The number of hydrogen-bond donors (Lipinski definition) is 1. The molecule has 0 aromatic heterocycles. The van der Waals surface area contributed by atoms with E-state index in [1.165, 1.54) is 11.0 Å². The van der Waals surface area contributed by atoms with Crippen LogP contribution in [0.5, 0.6) is 5.75 Å². The van der Waals surface area contributed by atoms with E-state index in [-0.39, 0.29) is 35.6 Å². The molecule has 11 heteroatoms. The predicted octanol–water partition coefficient (Wildman–Crippen LogP) is 5.74. The quantitative estimate of drug-likeness (QED) is 0.527. The molecule has 6 nitrogen and oxygen atoms in total. The molecule has 0 saturated carbocycles. The highest BCUT2D eigenvalue weighted by Gasteiger charge is 2.39. The maximum Gasteiger partial charge on any atom is 0.417 e. The number of hydrogen-bond acceptors (Lipinski definition) is 5. The van der Waals surface area contributed by atoms with E-state index in [1.54, 1.807) is 31.2 Å². The number of rotatable bonds is 7. The summed E-state index contributed by atoms with van der Waals surface area (Å²) < 4.78 is 44.8. The van der Waals surface area contributed by atoms with Crippen LogP contribution in [-0.4, -0.2) is 40.3 Å². The van der Waals surface area contributed by atoms with E-state index in [2.05, 4.69) is 10.3 Å². The van der Waals surface area contributed by atoms with Crippen molar-refractivity contribution in [2.45, 2.75) is 31.7 Å². The standard InChI is InChI=1S/C22H21ClF3N3O3S/c1-3-29-20(31)18(12-19(30)27-13-5-8-15(9-6-13)32-4-2)33-21(29)28-14-7-10-17(23)16(11-14)22(24,25)26/h5-11,18H,3-4,12H2,1-2H3,(H,27,30). The molecule has 2 aromatic rings. The number of carbonyl (C=O) groups excluding carboxylic acids is 2. The Morgan fingerprint density at radius 1 is 1.21 bits per heavy atom. The Kier molecular flexibility index (Phi) is 7.91. The lowest BCUT2D eigenvalue weighted by atomic mass is 10.2. The normalized spacial score (nSPS) is 17.5. The van der Waals surface area contributed by atoms with E-state index in [1.807, 2.05) is 6.92 Å². The van der Waals surface area contributed by atoms with Gasteiger partial charge in [0.1, 0.15) is 11.0 Å². The van der Waals surface area contributed by atoms with Crippen LogP contribution in [0.3, 0.4) is 0 Å². The average molecular weight is 500 g/mol. The Morgan fingerprint density at radius 3 is 2.52 bits per heavy atom. The van der Waals surface area contributed by atoms with Gasteiger partial charge in [0.05, 0.1) is 22.9 Å². The summed E-state index contributed by atoms with van der Waals surface area (Å²) in [4.78, 5) is 30.8. The molecule has 2 aromatic carbocycles. The highest BCUT2D eigenvalue weighted by Crippen LogP contribution is 2.38. The highest BCUT2D eigenvalue weighted by molar-refractivity contribution is 8.15. The molecule has 0 aliphatic carbocycles. The maximum absolute atomic E-state index is 13.1. The van der Waals surface area contributed by atoms with Gasteiger partial charge in [-0.3, -0.25) is 14.5 Å². The molecular formula is C22H21ClF3N3O3S. The van der Waals surface area contributed by atoms with Crippen molar-refractivity contribution in [3.63, 3.8) is 0 Å². The van der Waals surface area contributed by atoms with E-state index >= 15 is 0 Å². The van der Waals surface area contributed by atoms with Gasteiger partial charge in [0.2, 0.25) is 11.8 Å². The number of alkyl halides is 3. The van der Waals surface area contributed by atoms with Crippen LogP contribution in [0.1, 0.15) is 25.8 Å². The van der Waals surface area contributed by atoms with Gasteiger partial charge in [0, 0.05) is 18.7 Å². The molecule has 0 spiro atoms. The largest absolute Gasteiger partial charge is 0.494 e. The fourth-order valence-corrected chi connectivity index (χ4v) is 4.55. The first-order valence-electron chi connectivity index (χ1n) is 10.1. The zero-order valence-corrected chi connectivity index (χ0v) is 19.4. The third-order valence-electron chi connectivity index (χ3n) is 4.64. The number of amidine groups is 1. The van der Waals surface area contributed by atoms with Crippen LogP contribution < -0.4 is 10.1 Å². The Morgan fingerprint density at radius 2 is 1.91 bits per heavy atom. The van der Waals surface area contributed by atoms with Crippen LogP contribution in [0.25, 0.3) is 0 Å². The molecule has 2 amide bonds. The van der Waals surface area contributed by atoms with Gasteiger partial charge in [-0.05, 0) is 56.3 Å². The third-order valence-corrected chi connectivity index (χ3v) is 6.14. The van der Waals surface area contributed by atoms with Gasteiger partial charge in [-0.2, -0.15) is 13.2 Å². The summed E-state index contributed by atoms with van der Waals surface area (Å²) >= 11 is 6.70. The summed E-state index contributed by atoms with van der Waals surface area (Å²) in [5.74, 6) is -0.0198. The molecule has 1 aliphatic heterocycles. The van der Waals surface area contributed by atoms with Crippen LogP contribution in [0.4, 0.5) is 24.5 Å². The number of amides is 2. The fourth-order valence-electron chi connectivity index (χ4n) is 3.11.